The predicted octanol–water partition coefficient (Wildman–Crippen LogP) is 1.81. The van der Waals surface area contributed by atoms with E-state index in [4.69, 9.17) is 0 Å². The molecule has 0 aromatic heterocycles. The highest BCUT2D eigenvalue weighted by atomic mass is 28.3. The van der Waals surface area contributed by atoms with E-state index < -0.39 is 8.07 Å². The third-order valence-electron chi connectivity index (χ3n) is 1.91. The van der Waals surface area contributed by atoms with Crippen LogP contribution in [0.4, 0.5) is 0 Å². The second kappa shape index (κ2) is 6.76. The van der Waals surface area contributed by atoms with Crippen LogP contribution in [0, 0.1) is 0 Å². The van der Waals surface area contributed by atoms with Gasteiger partial charge in [0.1, 0.15) is 6.29 Å². The summed E-state index contributed by atoms with van der Waals surface area (Å²) in [6, 6.07) is 1.19. The van der Waals surface area contributed by atoms with Crippen LogP contribution in [-0.2, 0) is 9.59 Å². The maximum atomic E-state index is 11.2. The minimum atomic E-state index is -0.998. The fraction of sp³-hybridized carbons (Fsp3) is 0.800. The van der Waals surface area contributed by atoms with Crippen molar-refractivity contribution in [1.82, 2.24) is 5.32 Å². The van der Waals surface area contributed by atoms with Gasteiger partial charge in [0.05, 0.1) is 0 Å². The molecule has 0 aliphatic carbocycles. The van der Waals surface area contributed by atoms with Gasteiger partial charge in [-0.05, 0) is 6.42 Å². The molecule has 0 aliphatic heterocycles. The summed E-state index contributed by atoms with van der Waals surface area (Å²) >= 11 is 0. The molecular formula is C10H21NO2Si. The van der Waals surface area contributed by atoms with E-state index in [1.54, 1.807) is 0 Å². The first-order chi connectivity index (χ1) is 6.45. The van der Waals surface area contributed by atoms with Gasteiger partial charge in [0, 0.05) is 27.5 Å². The molecule has 4 heteroatoms. The molecule has 0 bridgehead atoms. The molecule has 0 atom stereocenters. The Morgan fingerprint density at radius 1 is 1.36 bits per heavy atom. The zero-order valence-electron chi connectivity index (χ0n) is 9.43. The van der Waals surface area contributed by atoms with Crippen LogP contribution < -0.4 is 5.32 Å². The van der Waals surface area contributed by atoms with Gasteiger partial charge >= 0.3 is 0 Å². The van der Waals surface area contributed by atoms with Gasteiger partial charge in [-0.1, -0.05) is 25.7 Å². The van der Waals surface area contributed by atoms with Gasteiger partial charge in [-0.2, -0.15) is 0 Å². The number of amides is 1. The summed E-state index contributed by atoms with van der Waals surface area (Å²) < 4.78 is 0. The molecule has 1 amide bonds. The van der Waals surface area contributed by atoms with Gasteiger partial charge in [0.25, 0.3) is 0 Å². The smallest absolute Gasteiger partial charge is 0.219 e. The van der Waals surface area contributed by atoms with Crippen molar-refractivity contribution in [3.05, 3.63) is 0 Å². The molecule has 0 fully saturated rings. The van der Waals surface area contributed by atoms with Crippen molar-refractivity contribution in [2.75, 3.05) is 6.54 Å². The molecule has 0 radical (unpaired) electrons. The largest absolute Gasteiger partial charge is 0.356 e. The third-order valence-corrected chi connectivity index (χ3v) is 3.77. The number of aldehydes is 1. The van der Waals surface area contributed by atoms with Crippen molar-refractivity contribution in [3.63, 3.8) is 0 Å². The minimum absolute atomic E-state index is 0.0742. The van der Waals surface area contributed by atoms with Gasteiger partial charge in [-0.3, -0.25) is 4.79 Å². The van der Waals surface area contributed by atoms with Crippen LogP contribution in [0.5, 0.6) is 0 Å². The molecule has 0 unspecified atom stereocenters. The Kier molecular flexibility index (Phi) is 6.45. The predicted molar refractivity (Wildman–Crippen MR) is 61.1 cm³/mol. The van der Waals surface area contributed by atoms with Crippen LogP contribution in [0.3, 0.4) is 0 Å². The second-order valence-corrected chi connectivity index (χ2v) is 10.3. The molecule has 3 nitrogen and oxygen atoms in total. The molecule has 0 saturated carbocycles. The summed E-state index contributed by atoms with van der Waals surface area (Å²) in [5, 5.41) is 2.72. The highest BCUT2D eigenvalue weighted by Crippen LogP contribution is 2.12. The zero-order valence-corrected chi connectivity index (χ0v) is 10.4. The van der Waals surface area contributed by atoms with Crippen molar-refractivity contribution in [2.45, 2.75) is 44.9 Å². The highest BCUT2D eigenvalue weighted by molar-refractivity contribution is 6.76. The maximum absolute atomic E-state index is 11.2. The number of nitrogens with one attached hydrogen (secondary N) is 1. The van der Waals surface area contributed by atoms with E-state index in [1.807, 2.05) is 0 Å². The van der Waals surface area contributed by atoms with Crippen LogP contribution in [-0.4, -0.2) is 26.8 Å². The van der Waals surface area contributed by atoms with Crippen LogP contribution in [0.2, 0.25) is 25.7 Å². The molecule has 0 aromatic rings. The van der Waals surface area contributed by atoms with Gasteiger partial charge in [0.15, 0.2) is 0 Å². The summed E-state index contributed by atoms with van der Waals surface area (Å²) in [5.74, 6) is 0.0742. The van der Waals surface area contributed by atoms with Crippen molar-refractivity contribution >= 4 is 20.3 Å². The molecule has 0 saturated heterocycles. The highest BCUT2D eigenvalue weighted by Gasteiger charge is 2.12. The third kappa shape index (κ3) is 9.44. The lowest BCUT2D eigenvalue weighted by Gasteiger charge is -2.14. The summed E-state index contributed by atoms with van der Waals surface area (Å²) in [5.41, 5.74) is 0. The topological polar surface area (TPSA) is 46.2 Å². The Morgan fingerprint density at radius 2 is 2.00 bits per heavy atom. The van der Waals surface area contributed by atoms with E-state index in [2.05, 4.69) is 25.0 Å². The van der Waals surface area contributed by atoms with E-state index in [0.29, 0.717) is 19.4 Å². The van der Waals surface area contributed by atoms with Crippen molar-refractivity contribution in [2.24, 2.45) is 0 Å². The first-order valence-electron chi connectivity index (χ1n) is 5.16. The number of carbonyl (C=O) groups excluding carboxylic acids is 2. The van der Waals surface area contributed by atoms with E-state index in [0.717, 1.165) is 12.7 Å². The SMILES string of the molecule is C[Si](C)(C)CCCC(=O)NCCC=O. The fourth-order valence-electron chi connectivity index (χ4n) is 1.14. The Morgan fingerprint density at radius 3 is 2.50 bits per heavy atom. The van der Waals surface area contributed by atoms with Gasteiger partial charge in [0.2, 0.25) is 5.91 Å². The molecular weight excluding hydrogens is 194 g/mol. The second-order valence-electron chi connectivity index (χ2n) is 4.72. The minimum Gasteiger partial charge on any atom is -0.356 e. The van der Waals surface area contributed by atoms with Crippen molar-refractivity contribution in [3.8, 4) is 0 Å². The van der Waals surface area contributed by atoms with Crippen molar-refractivity contribution in [1.29, 1.82) is 0 Å². The molecule has 0 spiro atoms. The van der Waals surface area contributed by atoms with Crippen LogP contribution in [0.15, 0.2) is 0 Å². The summed E-state index contributed by atoms with van der Waals surface area (Å²) in [6.07, 6.45) is 2.81. The number of hydrogen-bond acceptors (Lipinski definition) is 2. The van der Waals surface area contributed by atoms with Gasteiger partial charge in [-0.25, -0.2) is 0 Å². The van der Waals surface area contributed by atoms with E-state index in [-0.39, 0.29) is 5.91 Å². The van der Waals surface area contributed by atoms with Crippen LogP contribution in [0.25, 0.3) is 0 Å². The quantitative estimate of drug-likeness (QED) is 0.400. The standard InChI is InChI=1S/C10H21NO2Si/c1-14(2,3)9-4-6-10(13)11-7-5-8-12/h8H,4-7,9H2,1-3H3,(H,11,13). The average Bonchev–Trinajstić information content (AvgIpc) is 2.02. The van der Waals surface area contributed by atoms with E-state index in [9.17, 15) is 9.59 Å². The summed E-state index contributed by atoms with van der Waals surface area (Å²) in [4.78, 5) is 21.2. The first-order valence-corrected chi connectivity index (χ1v) is 8.87. The van der Waals surface area contributed by atoms with Gasteiger partial charge in [-0.15, -0.1) is 0 Å². The van der Waals surface area contributed by atoms with Gasteiger partial charge < -0.3 is 10.1 Å². The summed E-state index contributed by atoms with van der Waals surface area (Å²) in [6.45, 7) is 7.39. The lowest BCUT2D eigenvalue weighted by atomic mass is 10.3. The molecule has 82 valence electrons. The molecule has 14 heavy (non-hydrogen) atoms. The molecule has 1 N–H and O–H groups in total. The lowest BCUT2D eigenvalue weighted by Crippen LogP contribution is -2.25. The molecule has 0 rings (SSSR count). The fourth-order valence-corrected chi connectivity index (χ4v) is 2.38. The average molecular weight is 215 g/mol. The van der Waals surface area contributed by atoms with E-state index in [1.165, 1.54) is 6.04 Å². The maximum Gasteiger partial charge on any atom is 0.219 e. The number of rotatable bonds is 7. The Balaban J connectivity index is 3.40. The molecule has 0 aromatic carbocycles. The monoisotopic (exact) mass is 215 g/mol. The van der Waals surface area contributed by atoms with Crippen LogP contribution in [0.1, 0.15) is 19.3 Å². The Hall–Kier alpha value is -0.643. The molecule has 0 aliphatic rings. The number of carbonyl (C=O) groups is 2. The lowest BCUT2D eigenvalue weighted by molar-refractivity contribution is -0.121. The normalized spacial score (nSPS) is 11.1. The first kappa shape index (κ1) is 13.4. The van der Waals surface area contributed by atoms with Crippen LogP contribution >= 0.6 is 0 Å². The number of hydrogen-bond donors (Lipinski definition) is 1. The molecule has 0 heterocycles. The Labute approximate surface area is 87.3 Å². The van der Waals surface area contributed by atoms with Crippen molar-refractivity contribution < 1.29 is 9.59 Å². The summed E-state index contributed by atoms with van der Waals surface area (Å²) in [7, 11) is -0.998. The Bertz CT molecular complexity index is 187. The zero-order chi connectivity index (χ0) is 11.0. The van der Waals surface area contributed by atoms with E-state index >= 15 is 0 Å².